The molecule has 0 bridgehead atoms. The van der Waals surface area contributed by atoms with Crippen LogP contribution in [0.1, 0.15) is 39.9 Å². The molecule has 3 rings (SSSR count). The molecule has 0 aromatic heterocycles. The Morgan fingerprint density at radius 3 is 2.44 bits per heavy atom. The molecule has 3 heteroatoms. The summed E-state index contributed by atoms with van der Waals surface area (Å²) in [5.41, 5.74) is 4.41. The van der Waals surface area contributed by atoms with Crippen molar-refractivity contribution in [1.29, 1.82) is 0 Å². The summed E-state index contributed by atoms with van der Waals surface area (Å²) < 4.78 is 0. The van der Waals surface area contributed by atoms with E-state index in [0.717, 1.165) is 29.0 Å². The normalized spacial score (nSPS) is 15.6. The molecule has 2 nitrogen and oxygen atoms in total. The predicted molar refractivity (Wildman–Crippen MR) is 107 cm³/mol. The Morgan fingerprint density at radius 2 is 1.72 bits per heavy atom. The van der Waals surface area contributed by atoms with Crippen molar-refractivity contribution < 1.29 is 4.79 Å². The van der Waals surface area contributed by atoms with Crippen LogP contribution in [0.25, 0.3) is 0 Å². The fraction of sp³-hybridized carbons (Fsp3) is 0.409. The first-order valence-electron chi connectivity index (χ1n) is 8.97. The lowest BCUT2D eigenvalue weighted by Crippen LogP contribution is -2.30. The lowest BCUT2D eigenvalue weighted by atomic mass is 9.89. The van der Waals surface area contributed by atoms with E-state index in [1.165, 1.54) is 31.5 Å². The van der Waals surface area contributed by atoms with Gasteiger partial charge in [-0.2, -0.15) is 0 Å². The van der Waals surface area contributed by atoms with E-state index in [-0.39, 0.29) is 18.2 Å². The van der Waals surface area contributed by atoms with Gasteiger partial charge >= 0.3 is 0 Å². The fourth-order valence-corrected chi connectivity index (χ4v) is 3.63. The number of likely N-dealkylation sites (tertiary alicyclic amines) is 1. The van der Waals surface area contributed by atoms with Gasteiger partial charge in [-0.1, -0.05) is 48.5 Å². The standard InChI is InChI=1S/C22H27NO.ClH/c1-17-6-3-4-9-21(17)22(24)16-20-8-5-7-19(15-20)14-18-10-12-23(2)13-11-18;/h3-9,15,18H,10-14,16H2,1-2H3;1H. The van der Waals surface area contributed by atoms with Gasteiger partial charge in [-0.3, -0.25) is 4.79 Å². The van der Waals surface area contributed by atoms with Crippen LogP contribution < -0.4 is 0 Å². The summed E-state index contributed by atoms with van der Waals surface area (Å²) in [6.07, 6.45) is 4.19. The molecule has 1 heterocycles. The van der Waals surface area contributed by atoms with Crippen molar-refractivity contribution in [3.8, 4) is 0 Å². The fourth-order valence-electron chi connectivity index (χ4n) is 3.63. The third-order valence-electron chi connectivity index (χ3n) is 5.16. The third-order valence-corrected chi connectivity index (χ3v) is 5.16. The van der Waals surface area contributed by atoms with Gasteiger partial charge in [0.05, 0.1) is 0 Å². The summed E-state index contributed by atoms with van der Waals surface area (Å²) in [6.45, 7) is 4.41. The van der Waals surface area contributed by atoms with E-state index in [1.807, 2.05) is 31.2 Å². The third kappa shape index (κ3) is 5.42. The minimum atomic E-state index is 0. The number of rotatable bonds is 5. The maximum atomic E-state index is 12.6. The number of aryl methyl sites for hydroxylation is 1. The van der Waals surface area contributed by atoms with Crippen LogP contribution in [-0.2, 0) is 12.8 Å². The van der Waals surface area contributed by atoms with E-state index >= 15 is 0 Å². The molecule has 1 aliphatic heterocycles. The summed E-state index contributed by atoms with van der Waals surface area (Å²) >= 11 is 0. The summed E-state index contributed by atoms with van der Waals surface area (Å²) in [5, 5.41) is 0. The van der Waals surface area contributed by atoms with Crippen LogP contribution in [0.5, 0.6) is 0 Å². The van der Waals surface area contributed by atoms with Crippen LogP contribution >= 0.6 is 12.4 Å². The molecule has 1 aliphatic rings. The highest BCUT2D eigenvalue weighted by Gasteiger charge is 2.17. The molecule has 1 saturated heterocycles. The number of Topliss-reactive ketones (excluding diaryl/α,β-unsaturated/α-hetero) is 1. The maximum absolute atomic E-state index is 12.6. The minimum absolute atomic E-state index is 0. The van der Waals surface area contributed by atoms with Crippen molar-refractivity contribution in [2.45, 2.75) is 32.6 Å². The van der Waals surface area contributed by atoms with Gasteiger partial charge in [0, 0.05) is 12.0 Å². The van der Waals surface area contributed by atoms with Crippen molar-refractivity contribution in [3.05, 3.63) is 70.8 Å². The molecule has 25 heavy (non-hydrogen) atoms. The Morgan fingerprint density at radius 1 is 1.04 bits per heavy atom. The molecule has 0 aliphatic carbocycles. The number of hydrogen-bond acceptors (Lipinski definition) is 2. The first-order chi connectivity index (χ1) is 11.6. The van der Waals surface area contributed by atoms with Crippen molar-refractivity contribution in [1.82, 2.24) is 4.90 Å². The van der Waals surface area contributed by atoms with Gasteiger partial charge in [0.2, 0.25) is 0 Å². The average Bonchev–Trinajstić information content (AvgIpc) is 2.58. The summed E-state index contributed by atoms with van der Waals surface area (Å²) in [7, 11) is 2.20. The van der Waals surface area contributed by atoms with Crippen LogP contribution in [0, 0.1) is 12.8 Å². The Bertz CT molecular complexity index is 705. The Labute approximate surface area is 157 Å². The zero-order valence-corrected chi connectivity index (χ0v) is 16.0. The summed E-state index contributed by atoms with van der Waals surface area (Å²) in [6, 6.07) is 16.5. The van der Waals surface area contributed by atoms with Gasteiger partial charge in [-0.25, -0.2) is 0 Å². The molecule has 0 saturated carbocycles. The van der Waals surface area contributed by atoms with Gasteiger partial charge in [-0.15, -0.1) is 12.4 Å². The first kappa shape index (κ1) is 19.7. The van der Waals surface area contributed by atoms with E-state index in [2.05, 4.69) is 36.2 Å². The molecular weight excluding hydrogens is 330 g/mol. The Balaban J connectivity index is 0.00000225. The second kappa shape index (κ2) is 9.17. The number of carbonyl (C=O) groups is 1. The minimum Gasteiger partial charge on any atom is -0.306 e. The predicted octanol–water partition coefficient (Wildman–Crippen LogP) is 4.73. The molecule has 1 fully saturated rings. The van der Waals surface area contributed by atoms with Gasteiger partial charge in [0.25, 0.3) is 0 Å². The van der Waals surface area contributed by atoms with E-state index in [0.29, 0.717) is 6.42 Å². The van der Waals surface area contributed by atoms with E-state index in [4.69, 9.17) is 0 Å². The largest absolute Gasteiger partial charge is 0.306 e. The topological polar surface area (TPSA) is 20.3 Å². The quantitative estimate of drug-likeness (QED) is 0.721. The van der Waals surface area contributed by atoms with Gasteiger partial charge in [0.1, 0.15) is 0 Å². The highest BCUT2D eigenvalue weighted by molar-refractivity contribution is 5.98. The smallest absolute Gasteiger partial charge is 0.167 e. The molecule has 0 atom stereocenters. The van der Waals surface area contributed by atoms with Crippen molar-refractivity contribution >= 4 is 18.2 Å². The van der Waals surface area contributed by atoms with E-state index < -0.39 is 0 Å². The number of carbonyl (C=O) groups excluding carboxylic acids is 1. The highest BCUT2D eigenvalue weighted by Crippen LogP contribution is 2.22. The highest BCUT2D eigenvalue weighted by atomic mass is 35.5. The van der Waals surface area contributed by atoms with Crippen molar-refractivity contribution in [2.75, 3.05) is 20.1 Å². The molecule has 2 aromatic rings. The zero-order chi connectivity index (χ0) is 16.9. The lowest BCUT2D eigenvalue weighted by Gasteiger charge is -2.29. The molecule has 0 amide bonds. The average molecular weight is 358 g/mol. The number of piperidine rings is 1. The molecule has 0 unspecified atom stereocenters. The van der Waals surface area contributed by atoms with Gasteiger partial charge in [-0.05, 0) is 68.9 Å². The molecule has 134 valence electrons. The number of benzene rings is 2. The second-order valence-corrected chi connectivity index (χ2v) is 7.19. The lowest BCUT2D eigenvalue weighted by molar-refractivity contribution is 0.0992. The van der Waals surface area contributed by atoms with Crippen LogP contribution in [0.15, 0.2) is 48.5 Å². The number of nitrogens with zero attached hydrogens (tertiary/aromatic N) is 1. The Kier molecular flexibility index (Phi) is 7.22. The summed E-state index contributed by atoms with van der Waals surface area (Å²) in [5.74, 6) is 0.994. The van der Waals surface area contributed by atoms with Crippen LogP contribution in [0.4, 0.5) is 0 Å². The van der Waals surface area contributed by atoms with E-state index in [9.17, 15) is 4.79 Å². The molecule has 0 radical (unpaired) electrons. The SMILES string of the molecule is Cc1ccccc1C(=O)Cc1cccc(CC2CCN(C)CC2)c1.Cl. The number of hydrogen-bond donors (Lipinski definition) is 0. The van der Waals surface area contributed by atoms with Crippen molar-refractivity contribution in [3.63, 3.8) is 0 Å². The van der Waals surface area contributed by atoms with Crippen LogP contribution in [0.3, 0.4) is 0 Å². The first-order valence-corrected chi connectivity index (χ1v) is 8.97. The molecule has 0 N–H and O–H groups in total. The number of halogens is 1. The van der Waals surface area contributed by atoms with Crippen molar-refractivity contribution in [2.24, 2.45) is 5.92 Å². The summed E-state index contributed by atoms with van der Waals surface area (Å²) in [4.78, 5) is 15.0. The van der Waals surface area contributed by atoms with Crippen LogP contribution in [0.2, 0.25) is 0 Å². The molecular formula is C22H28ClNO. The van der Waals surface area contributed by atoms with Crippen LogP contribution in [-0.4, -0.2) is 30.8 Å². The van der Waals surface area contributed by atoms with Gasteiger partial charge in [0.15, 0.2) is 5.78 Å². The monoisotopic (exact) mass is 357 g/mol. The second-order valence-electron chi connectivity index (χ2n) is 7.19. The Hall–Kier alpha value is -1.64. The molecule has 2 aromatic carbocycles. The maximum Gasteiger partial charge on any atom is 0.167 e. The van der Waals surface area contributed by atoms with E-state index in [1.54, 1.807) is 0 Å². The number of ketones is 1. The zero-order valence-electron chi connectivity index (χ0n) is 15.2. The molecule has 0 spiro atoms. The van der Waals surface area contributed by atoms with Gasteiger partial charge < -0.3 is 4.90 Å².